The smallest absolute Gasteiger partial charge is 0.407 e. The molecule has 6 aromatic rings. The Balaban J connectivity index is 0.950. The van der Waals surface area contributed by atoms with Crippen molar-refractivity contribution in [2.24, 2.45) is 11.8 Å². The van der Waals surface area contributed by atoms with Gasteiger partial charge in [-0.15, -0.1) is 0 Å². The second kappa shape index (κ2) is 18.2. The van der Waals surface area contributed by atoms with Crippen LogP contribution in [0.1, 0.15) is 80.9 Å². The van der Waals surface area contributed by atoms with E-state index in [1.54, 1.807) is 4.90 Å². The number of methoxy groups -OCH3 is 2. The van der Waals surface area contributed by atoms with Crippen LogP contribution < -0.4 is 10.6 Å². The van der Waals surface area contributed by atoms with E-state index in [-0.39, 0.29) is 35.7 Å². The molecule has 8 rings (SSSR count). The summed E-state index contributed by atoms with van der Waals surface area (Å²) < 4.78 is 9.66. The van der Waals surface area contributed by atoms with E-state index < -0.39 is 24.3 Å². The average Bonchev–Trinajstić information content (AvgIpc) is 4.14. The number of hydrogen-bond donors (Lipinski definition) is 4. The molecule has 4 N–H and O–H groups in total. The fraction of sp³-hybridized carbons (Fsp3) is 0.347. The van der Waals surface area contributed by atoms with Crippen LogP contribution in [0.25, 0.3) is 44.4 Å². The van der Waals surface area contributed by atoms with Gasteiger partial charge in [-0.05, 0) is 83.2 Å². The zero-order chi connectivity index (χ0) is 44.4. The van der Waals surface area contributed by atoms with E-state index in [0.29, 0.717) is 24.5 Å². The zero-order valence-corrected chi connectivity index (χ0v) is 36.5. The molecule has 326 valence electrons. The predicted octanol–water partition coefficient (Wildman–Crippen LogP) is 8.65. The van der Waals surface area contributed by atoms with Gasteiger partial charge in [0.15, 0.2) is 0 Å². The summed E-state index contributed by atoms with van der Waals surface area (Å²) in [5, 5.41) is 7.64. The van der Waals surface area contributed by atoms with Crippen LogP contribution in [0.2, 0.25) is 0 Å². The number of aromatic amines is 2. The molecule has 0 radical (unpaired) electrons. The minimum Gasteiger partial charge on any atom is -0.453 e. The molecule has 0 bridgehead atoms. The van der Waals surface area contributed by atoms with Gasteiger partial charge in [-0.1, -0.05) is 99.1 Å². The first kappa shape index (κ1) is 42.7. The van der Waals surface area contributed by atoms with Gasteiger partial charge >= 0.3 is 12.2 Å². The van der Waals surface area contributed by atoms with Crippen LogP contribution in [0.4, 0.5) is 9.59 Å². The van der Waals surface area contributed by atoms with E-state index in [0.717, 1.165) is 75.1 Å². The molecule has 14 nitrogen and oxygen atoms in total. The fourth-order valence-electron chi connectivity index (χ4n) is 8.96. The molecule has 2 saturated heterocycles. The molecule has 0 saturated carbocycles. The number of hydrogen-bond acceptors (Lipinski definition) is 8. The molecule has 63 heavy (non-hydrogen) atoms. The number of alkyl carbamates (subject to hydrolysis) is 2. The van der Waals surface area contributed by atoms with Gasteiger partial charge in [0, 0.05) is 18.7 Å². The van der Waals surface area contributed by atoms with E-state index in [9.17, 15) is 19.2 Å². The number of aromatic nitrogens is 4. The fourth-order valence-corrected chi connectivity index (χ4v) is 8.96. The third-order valence-electron chi connectivity index (χ3n) is 12.3. The second-order valence-corrected chi connectivity index (χ2v) is 17.1. The molecule has 2 aliphatic heterocycles. The molecule has 0 aliphatic carbocycles. The highest BCUT2D eigenvalue weighted by atomic mass is 16.5. The van der Waals surface area contributed by atoms with E-state index in [4.69, 9.17) is 19.4 Å². The van der Waals surface area contributed by atoms with Crippen molar-refractivity contribution < 1.29 is 28.7 Å². The van der Waals surface area contributed by atoms with Crippen molar-refractivity contribution in [3.05, 3.63) is 120 Å². The van der Waals surface area contributed by atoms with Crippen LogP contribution in [0.3, 0.4) is 0 Å². The predicted molar refractivity (Wildman–Crippen MR) is 240 cm³/mol. The number of ether oxygens (including phenoxy) is 2. The zero-order valence-electron chi connectivity index (χ0n) is 36.5. The van der Waals surface area contributed by atoms with Gasteiger partial charge in [0.05, 0.1) is 50.1 Å². The summed E-state index contributed by atoms with van der Waals surface area (Å²) in [4.78, 5) is 72.3. The van der Waals surface area contributed by atoms with Crippen molar-refractivity contribution in [2.75, 3.05) is 27.3 Å². The number of rotatable bonds is 11. The maximum atomic E-state index is 14.0. The minimum absolute atomic E-state index is 0.117. The topological polar surface area (TPSA) is 175 Å². The number of nitrogens with one attached hydrogen (secondary N) is 4. The lowest BCUT2D eigenvalue weighted by atomic mass is 9.98. The van der Waals surface area contributed by atoms with Gasteiger partial charge in [0.1, 0.15) is 23.7 Å². The van der Waals surface area contributed by atoms with Crippen molar-refractivity contribution in [3.63, 3.8) is 0 Å². The number of likely N-dealkylation sites (tertiary alicyclic amines) is 2. The Hall–Kier alpha value is -6.96. The first-order chi connectivity index (χ1) is 30.4. The van der Waals surface area contributed by atoms with Gasteiger partial charge in [0.2, 0.25) is 5.91 Å². The molecule has 4 aromatic carbocycles. The van der Waals surface area contributed by atoms with E-state index in [2.05, 4.69) is 88.2 Å². The Labute approximate surface area is 366 Å². The van der Waals surface area contributed by atoms with Crippen LogP contribution in [-0.4, -0.2) is 87.1 Å². The summed E-state index contributed by atoms with van der Waals surface area (Å²) in [6.45, 7) is 9.02. The van der Waals surface area contributed by atoms with Crippen LogP contribution in [0.15, 0.2) is 97.3 Å². The summed E-state index contributed by atoms with van der Waals surface area (Å²) in [5.41, 5.74) is 7.51. The average molecular weight is 851 g/mol. The number of imidazole rings is 2. The molecular weight excluding hydrogens is 797 g/mol. The minimum atomic E-state index is -0.887. The Kier molecular flexibility index (Phi) is 12.3. The Morgan fingerprint density at radius 2 is 1.32 bits per heavy atom. The lowest BCUT2D eigenvalue weighted by molar-refractivity contribution is -0.136. The number of amides is 4. The molecule has 2 fully saturated rings. The van der Waals surface area contributed by atoms with Crippen molar-refractivity contribution in [1.82, 2.24) is 40.4 Å². The van der Waals surface area contributed by atoms with Gasteiger partial charge in [-0.3, -0.25) is 9.59 Å². The van der Waals surface area contributed by atoms with Crippen molar-refractivity contribution in [2.45, 2.75) is 71.1 Å². The number of aryl methyl sites for hydroxylation is 1. The molecular formula is C49H54N8O6. The number of benzene rings is 4. The highest BCUT2D eigenvalue weighted by Crippen LogP contribution is 2.38. The monoisotopic (exact) mass is 850 g/mol. The van der Waals surface area contributed by atoms with Gasteiger partial charge in [-0.2, -0.15) is 0 Å². The third kappa shape index (κ3) is 9.02. The Bertz CT molecular complexity index is 2640. The van der Waals surface area contributed by atoms with Gasteiger partial charge in [0.25, 0.3) is 5.91 Å². The second-order valence-electron chi connectivity index (χ2n) is 17.1. The normalized spacial score (nSPS) is 18.4. The molecule has 2 aromatic heterocycles. The Morgan fingerprint density at radius 1 is 0.714 bits per heavy atom. The number of H-pyrrole nitrogens is 2. The number of nitrogens with zero attached hydrogens (tertiary/aromatic N) is 4. The largest absolute Gasteiger partial charge is 0.453 e. The molecule has 0 spiro atoms. The molecule has 1 unspecified atom stereocenters. The van der Waals surface area contributed by atoms with Gasteiger partial charge in [-0.25, -0.2) is 19.6 Å². The van der Waals surface area contributed by atoms with Crippen LogP contribution in [0, 0.1) is 18.8 Å². The summed E-state index contributed by atoms with van der Waals surface area (Å²) in [6.07, 6.45) is 4.67. The van der Waals surface area contributed by atoms with Crippen LogP contribution in [0.5, 0.6) is 0 Å². The van der Waals surface area contributed by atoms with Crippen LogP contribution >= 0.6 is 0 Å². The molecule has 4 amide bonds. The van der Waals surface area contributed by atoms with Gasteiger partial charge < -0.3 is 39.9 Å². The molecule has 2 aliphatic rings. The summed E-state index contributed by atoms with van der Waals surface area (Å²) >= 11 is 0. The first-order valence-electron chi connectivity index (χ1n) is 21.5. The number of fused-ring (bicyclic) bond motifs is 1. The molecule has 14 heteroatoms. The highest BCUT2D eigenvalue weighted by Gasteiger charge is 2.40. The molecule has 5 atom stereocenters. The quantitative estimate of drug-likeness (QED) is 0.100. The standard InChI is InChI=1S/C49H54N8O6/c1-28(2)42(54-48(60)62-5)46(58)57-27-30(4)22-41(57)45-51-26-39(53-45)36-19-18-34-23-33(16-17-35(34)24-36)31-12-14-32(15-13-31)38-25-50-44(52-38)40-11-8-20-56(40)47(59)43(55-49(61)63-6)37-10-7-9-29(3)21-37/h7,9-10,12-19,21,23-26,28,30,40-43H,8,11,20,22,27H2,1-6H3,(H,50,52)(H,51,53)(H,54,60)(H,55,61)/t30?,40-,41-,42-,43+/m0/s1. The lowest BCUT2D eigenvalue weighted by Gasteiger charge is -2.30. The lowest BCUT2D eigenvalue weighted by Crippen LogP contribution is -2.51. The van der Waals surface area contributed by atoms with Crippen molar-refractivity contribution in [1.29, 1.82) is 0 Å². The van der Waals surface area contributed by atoms with Crippen molar-refractivity contribution >= 4 is 34.8 Å². The number of carbonyl (C=O) groups is 4. The third-order valence-corrected chi connectivity index (χ3v) is 12.3. The van der Waals surface area contributed by atoms with Crippen molar-refractivity contribution in [3.8, 4) is 33.6 Å². The van der Waals surface area contributed by atoms with Crippen LogP contribution in [-0.2, 0) is 19.1 Å². The van der Waals surface area contributed by atoms with E-state index >= 15 is 0 Å². The van der Waals surface area contributed by atoms with E-state index in [1.165, 1.54) is 14.2 Å². The maximum Gasteiger partial charge on any atom is 0.407 e. The maximum absolute atomic E-state index is 14.0. The first-order valence-corrected chi connectivity index (χ1v) is 21.5. The number of carbonyl (C=O) groups excluding carboxylic acids is 4. The highest BCUT2D eigenvalue weighted by molar-refractivity contribution is 5.91. The molecule has 4 heterocycles. The SMILES string of the molecule is COC(=O)N[C@H](C(=O)N1CC(C)C[C@H]1c1ncc(-c2ccc3cc(-c4ccc(-c5cnc([C@@H]6CCCN6C(=O)[C@H](NC(=O)OC)c6cccc(C)c6)[nH]5)cc4)ccc3c2)[nH]1)C(C)C. The summed E-state index contributed by atoms with van der Waals surface area (Å²) in [6, 6.07) is 26.6. The summed E-state index contributed by atoms with van der Waals surface area (Å²) in [5.74, 6) is 1.24. The Morgan fingerprint density at radius 3 is 1.98 bits per heavy atom. The van der Waals surface area contributed by atoms with E-state index in [1.807, 2.05) is 62.3 Å². The summed E-state index contributed by atoms with van der Waals surface area (Å²) in [7, 11) is 2.58.